The number of ether oxygens (including phenoxy) is 1. The van der Waals surface area contributed by atoms with Crippen molar-refractivity contribution >= 4 is 11.6 Å². The largest absolute Gasteiger partial charge is 0.481 e. The van der Waals surface area contributed by atoms with Crippen molar-refractivity contribution in [3.63, 3.8) is 0 Å². The Morgan fingerprint density at radius 1 is 1.12 bits per heavy atom. The highest BCUT2D eigenvalue weighted by Crippen LogP contribution is 2.15. The smallest absolute Gasteiger partial charge is 0.261 e. The zero-order valence-corrected chi connectivity index (χ0v) is 15.4. The highest BCUT2D eigenvalue weighted by Gasteiger charge is 2.17. The molecule has 0 aliphatic heterocycles. The van der Waals surface area contributed by atoms with Crippen LogP contribution in [0.1, 0.15) is 25.3 Å². The van der Waals surface area contributed by atoms with Gasteiger partial charge in [0.05, 0.1) is 0 Å². The van der Waals surface area contributed by atoms with Gasteiger partial charge in [-0.1, -0.05) is 42.8 Å². The molecule has 0 bridgehead atoms. The van der Waals surface area contributed by atoms with E-state index in [1.54, 1.807) is 0 Å². The zero-order valence-electron chi connectivity index (χ0n) is 15.4. The number of amides is 1. The van der Waals surface area contributed by atoms with Gasteiger partial charge in [-0.25, -0.2) is 0 Å². The minimum atomic E-state index is -0.449. The molecule has 2 aromatic carbocycles. The van der Waals surface area contributed by atoms with Crippen LogP contribution in [-0.2, 0) is 4.79 Å². The Hall–Kier alpha value is -2.49. The van der Waals surface area contributed by atoms with Crippen LogP contribution in [0.2, 0.25) is 0 Å². The molecule has 4 nitrogen and oxygen atoms in total. The molecule has 0 unspecified atom stereocenters. The maximum Gasteiger partial charge on any atom is 0.261 e. The first kappa shape index (κ1) is 18.8. The summed E-state index contributed by atoms with van der Waals surface area (Å²) in [5, 5.41) is 2.98. The SMILES string of the molecule is CC[C@@H](Oc1ccc(C)cc1)C(=O)NCCCN(C)c1ccccc1. The van der Waals surface area contributed by atoms with Gasteiger partial charge in [0.2, 0.25) is 0 Å². The molecular weight excluding hydrogens is 312 g/mol. The number of carbonyl (C=O) groups excluding carboxylic acids is 1. The fourth-order valence-corrected chi connectivity index (χ4v) is 2.56. The summed E-state index contributed by atoms with van der Waals surface area (Å²) in [6.45, 7) is 5.52. The number of para-hydroxylation sites is 1. The van der Waals surface area contributed by atoms with E-state index in [-0.39, 0.29) is 5.91 Å². The summed E-state index contributed by atoms with van der Waals surface area (Å²) in [7, 11) is 2.06. The first-order valence-electron chi connectivity index (χ1n) is 8.87. The fourth-order valence-electron chi connectivity index (χ4n) is 2.56. The van der Waals surface area contributed by atoms with Gasteiger partial charge in [-0.05, 0) is 44.0 Å². The number of nitrogens with one attached hydrogen (secondary N) is 1. The molecule has 0 radical (unpaired) electrons. The number of aryl methyl sites for hydroxylation is 1. The van der Waals surface area contributed by atoms with Gasteiger partial charge in [-0.3, -0.25) is 4.79 Å². The highest BCUT2D eigenvalue weighted by molar-refractivity contribution is 5.81. The molecule has 1 N–H and O–H groups in total. The first-order valence-corrected chi connectivity index (χ1v) is 8.87. The second kappa shape index (κ2) is 9.72. The number of hydrogen-bond acceptors (Lipinski definition) is 3. The van der Waals surface area contributed by atoms with E-state index in [4.69, 9.17) is 4.74 Å². The van der Waals surface area contributed by atoms with Crippen LogP contribution >= 0.6 is 0 Å². The lowest BCUT2D eigenvalue weighted by molar-refractivity contribution is -0.128. The third-order valence-corrected chi connectivity index (χ3v) is 4.13. The summed E-state index contributed by atoms with van der Waals surface area (Å²) < 4.78 is 5.81. The Labute approximate surface area is 150 Å². The van der Waals surface area contributed by atoms with Gasteiger partial charge in [0.25, 0.3) is 5.91 Å². The van der Waals surface area contributed by atoms with Crippen LogP contribution in [0.15, 0.2) is 54.6 Å². The van der Waals surface area contributed by atoms with Crippen LogP contribution in [0.4, 0.5) is 5.69 Å². The van der Waals surface area contributed by atoms with E-state index < -0.39 is 6.10 Å². The second-order valence-corrected chi connectivity index (χ2v) is 6.23. The average molecular weight is 340 g/mol. The minimum Gasteiger partial charge on any atom is -0.481 e. The molecule has 1 atom stereocenters. The number of benzene rings is 2. The molecular formula is C21H28N2O2. The molecule has 0 aliphatic rings. The number of carbonyl (C=O) groups is 1. The summed E-state index contributed by atoms with van der Waals surface area (Å²) in [6.07, 6.45) is 1.08. The predicted molar refractivity (Wildman–Crippen MR) is 103 cm³/mol. The monoisotopic (exact) mass is 340 g/mol. The molecule has 4 heteroatoms. The van der Waals surface area contributed by atoms with Crippen molar-refractivity contribution in [2.24, 2.45) is 0 Å². The van der Waals surface area contributed by atoms with Crippen molar-refractivity contribution < 1.29 is 9.53 Å². The summed E-state index contributed by atoms with van der Waals surface area (Å²) in [5.41, 5.74) is 2.36. The number of nitrogens with zero attached hydrogens (tertiary/aromatic N) is 1. The van der Waals surface area contributed by atoms with Crippen LogP contribution in [-0.4, -0.2) is 32.1 Å². The maximum atomic E-state index is 12.3. The van der Waals surface area contributed by atoms with Crippen molar-refractivity contribution in [2.75, 3.05) is 25.0 Å². The molecule has 0 aliphatic carbocycles. The van der Waals surface area contributed by atoms with Gasteiger partial charge >= 0.3 is 0 Å². The van der Waals surface area contributed by atoms with E-state index in [1.807, 2.05) is 56.3 Å². The average Bonchev–Trinajstić information content (AvgIpc) is 2.65. The predicted octanol–water partition coefficient (Wildman–Crippen LogP) is 3.80. The molecule has 2 rings (SSSR count). The van der Waals surface area contributed by atoms with Gasteiger partial charge in [0.15, 0.2) is 6.10 Å². The van der Waals surface area contributed by atoms with Crippen LogP contribution in [0, 0.1) is 6.92 Å². The standard InChI is InChI=1S/C21H28N2O2/c1-4-20(25-19-13-11-17(2)12-14-19)21(24)22-15-8-16-23(3)18-9-6-5-7-10-18/h5-7,9-14,20H,4,8,15-16H2,1-3H3,(H,22,24)/t20-/m1/s1. The highest BCUT2D eigenvalue weighted by atomic mass is 16.5. The summed E-state index contributed by atoms with van der Waals surface area (Å²) in [5.74, 6) is 0.682. The Kier molecular flexibility index (Phi) is 7.33. The van der Waals surface area contributed by atoms with Crippen molar-refractivity contribution in [3.05, 3.63) is 60.2 Å². The Balaban J connectivity index is 1.73. The molecule has 1 amide bonds. The minimum absolute atomic E-state index is 0.0505. The van der Waals surface area contributed by atoms with Crippen LogP contribution in [0.5, 0.6) is 5.75 Å². The molecule has 25 heavy (non-hydrogen) atoms. The maximum absolute atomic E-state index is 12.3. The fraction of sp³-hybridized carbons (Fsp3) is 0.381. The molecule has 0 heterocycles. The normalized spacial score (nSPS) is 11.6. The van der Waals surface area contributed by atoms with Gasteiger partial charge in [0.1, 0.15) is 5.75 Å². The molecule has 0 spiro atoms. The third kappa shape index (κ3) is 6.14. The van der Waals surface area contributed by atoms with Crippen molar-refractivity contribution in [1.29, 1.82) is 0 Å². The van der Waals surface area contributed by atoms with E-state index in [0.29, 0.717) is 13.0 Å². The summed E-state index contributed by atoms with van der Waals surface area (Å²) in [6, 6.07) is 18.0. The lowest BCUT2D eigenvalue weighted by Gasteiger charge is -2.20. The zero-order chi connectivity index (χ0) is 18.1. The van der Waals surface area contributed by atoms with Crippen molar-refractivity contribution in [3.8, 4) is 5.75 Å². The molecule has 0 fully saturated rings. The van der Waals surface area contributed by atoms with E-state index in [9.17, 15) is 4.79 Å². The van der Waals surface area contributed by atoms with Gasteiger partial charge in [-0.2, -0.15) is 0 Å². The molecule has 2 aromatic rings. The number of rotatable bonds is 9. The van der Waals surface area contributed by atoms with E-state index in [2.05, 4.69) is 29.4 Å². The first-order chi connectivity index (χ1) is 12.1. The second-order valence-electron chi connectivity index (χ2n) is 6.23. The Morgan fingerprint density at radius 3 is 2.44 bits per heavy atom. The molecule has 0 aromatic heterocycles. The van der Waals surface area contributed by atoms with Gasteiger partial charge in [0, 0.05) is 25.8 Å². The van der Waals surface area contributed by atoms with Gasteiger partial charge in [-0.15, -0.1) is 0 Å². The molecule has 0 saturated heterocycles. The van der Waals surface area contributed by atoms with E-state index in [1.165, 1.54) is 11.3 Å². The van der Waals surface area contributed by atoms with Crippen molar-refractivity contribution in [2.45, 2.75) is 32.8 Å². The quantitative estimate of drug-likeness (QED) is 0.706. The van der Waals surface area contributed by atoms with Gasteiger partial charge < -0.3 is 15.0 Å². The van der Waals surface area contributed by atoms with Crippen LogP contribution in [0.3, 0.4) is 0 Å². The van der Waals surface area contributed by atoms with Crippen LogP contribution in [0.25, 0.3) is 0 Å². The van der Waals surface area contributed by atoms with Crippen LogP contribution < -0.4 is 15.0 Å². The molecule has 0 saturated carbocycles. The topological polar surface area (TPSA) is 41.6 Å². The number of hydrogen-bond donors (Lipinski definition) is 1. The lowest BCUT2D eigenvalue weighted by atomic mass is 10.2. The Bertz CT molecular complexity index is 641. The van der Waals surface area contributed by atoms with E-state index in [0.717, 1.165) is 18.7 Å². The van der Waals surface area contributed by atoms with E-state index >= 15 is 0 Å². The third-order valence-electron chi connectivity index (χ3n) is 4.13. The summed E-state index contributed by atoms with van der Waals surface area (Å²) >= 11 is 0. The molecule has 134 valence electrons. The number of anilines is 1. The van der Waals surface area contributed by atoms with Crippen molar-refractivity contribution in [1.82, 2.24) is 5.32 Å². The Morgan fingerprint density at radius 2 is 1.80 bits per heavy atom. The lowest BCUT2D eigenvalue weighted by Crippen LogP contribution is -2.39. The summed E-state index contributed by atoms with van der Waals surface area (Å²) in [4.78, 5) is 14.5.